The molecule has 0 unspecified atom stereocenters. The van der Waals surface area contributed by atoms with E-state index in [1.165, 1.54) is 0 Å². The van der Waals surface area contributed by atoms with E-state index >= 15 is 0 Å². The summed E-state index contributed by atoms with van der Waals surface area (Å²) in [5, 5.41) is 4.17. The van der Waals surface area contributed by atoms with Crippen LogP contribution in [0, 0.1) is 0 Å². The van der Waals surface area contributed by atoms with E-state index in [0.29, 0.717) is 38.6 Å². The van der Waals surface area contributed by atoms with Crippen LogP contribution in [-0.2, 0) is 0 Å². The third-order valence-corrected chi connectivity index (χ3v) is 7.57. The van der Waals surface area contributed by atoms with Gasteiger partial charge in [-0.1, -0.05) is 145 Å². The smallest absolute Gasteiger partial charge is 0.0622 e. The molecule has 0 aromatic heterocycles. The average molecular weight is 515 g/mol. The second kappa shape index (κ2) is 9.22. The van der Waals surface area contributed by atoms with Gasteiger partial charge in [0.2, 0.25) is 0 Å². The molecule has 0 aliphatic rings. The van der Waals surface area contributed by atoms with E-state index in [1.54, 1.807) is 30.3 Å². The first-order chi connectivity index (χ1) is 23.2. The van der Waals surface area contributed by atoms with Crippen LogP contribution in [-0.4, -0.2) is 0 Å². The molecule has 8 aromatic carbocycles. The largest absolute Gasteiger partial charge is 0.0636 e. The lowest BCUT2D eigenvalue weighted by Gasteiger charge is -2.20. The normalized spacial score (nSPS) is 14.3. The Morgan fingerprint density at radius 3 is 1.95 bits per heavy atom. The molecular formula is C40H26. The molecule has 40 heavy (non-hydrogen) atoms. The predicted molar refractivity (Wildman–Crippen MR) is 173 cm³/mol. The van der Waals surface area contributed by atoms with Crippen molar-refractivity contribution in [1.29, 1.82) is 0 Å². The zero-order valence-corrected chi connectivity index (χ0v) is 21.4. The first-order valence-corrected chi connectivity index (χ1v) is 13.2. The molecule has 0 atom stereocenters. The van der Waals surface area contributed by atoms with E-state index in [1.807, 2.05) is 78.9 Å². The first-order valence-electron chi connectivity index (χ1n) is 17.2. The predicted octanol–water partition coefficient (Wildman–Crippen LogP) is 11.3. The molecule has 0 aliphatic heterocycles. The first kappa shape index (κ1) is 16.0. The summed E-state index contributed by atoms with van der Waals surface area (Å²) in [4.78, 5) is 0. The van der Waals surface area contributed by atoms with Crippen LogP contribution in [0.1, 0.15) is 11.0 Å². The molecule has 0 fully saturated rings. The van der Waals surface area contributed by atoms with E-state index in [-0.39, 0.29) is 58.0 Å². The summed E-state index contributed by atoms with van der Waals surface area (Å²) in [5.74, 6) is 0. The second-order valence-corrected chi connectivity index (χ2v) is 9.87. The van der Waals surface area contributed by atoms with Crippen LogP contribution in [0.2, 0.25) is 0 Å². The van der Waals surface area contributed by atoms with Gasteiger partial charge in [-0.05, 0) is 88.6 Å². The third kappa shape index (κ3) is 3.61. The van der Waals surface area contributed by atoms with Crippen molar-refractivity contribution in [2.75, 3.05) is 0 Å². The lowest BCUT2D eigenvalue weighted by atomic mass is 9.83. The molecule has 186 valence electrons. The van der Waals surface area contributed by atoms with E-state index < -0.39 is 12.1 Å². The second-order valence-electron chi connectivity index (χ2n) is 9.87. The van der Waals surface area contributed by atoms with Gasteiger partial charge >= 0.3 is 0 Å². The molecule has 0 amide bonds. The highest BCUT2D eigenvalue weighted by Crippen LogP contribution is 2.46. The van der Waals surface area contributed by atoms with Gasteiger partial charge in [0.05, 0.1) is 11.0 Å². The number of hydrogen-bond acceptors (Lipinski definition) is 0. The van der Waals surface area contributed by atoms with Gasteiger partial charge in [-0.2, -0.15) is 0 Å². The fourth-order valence-electron chi connectivity index (χ4n) is 5.73. The fourth-order valence-corrected chi connectivity index (χ4v) is 5.73. The fraction of sp³-hybridized carbons (Fsp3) is 0. The van der Waals surface area contributed by atoms with Crippen LogP contribution in [0.3, 0.4) is 0 Å². The zero-order valence-electron chi connectivity index (χ0n) is 29.4. The molecule has 8 aromatic rings. The quantitative estimate of drug-likeness (QED) is 0.206. The maximum Gasteiger partial charge on any atom is 0.0636 e. The summed E-state index contributed by atoms with van der Waals surface area (Å²) in [6.07, 6.45) is 0. The number of fused-ring (bicyclic) bond motifs is 4. The minimum Gasteiger partial charge on any atom is -0.0622 e. The van der Waals surface area contributed by atoms with Crippen LogP contribution >= 0.6 is 0 Å². The molecule has 0 aliphatic carbocycles. The standard InChI is InChI=1S/C40H26/c1-2-11-27(12-3-1)31-23-24-37-38(26-31)39(32-22-21-28-13-4-5-15-30(28)25-32)35-18-8-9-19-36(35)40(37)34-20-10-16-29-14-6-7-17-33(29)34/h1-26H/i8D,9D,17D,18D,19D,23D,24D,26D. The Hall–Kier alpha value is -5.20. The average Bonchev–Trinajstić information content (AvgIpc) is 3.11. The van der Waals surface area contributed by atoms with E-state index in [2.05, 4.69) is 0 Å². The molecule has 0 N–H and O–H groups in total. The van der Waals surface area contributed by atoms with Crippen molar-refractivity contribution in [3.63, 3.8) is 0 Å². The molecule has 8 rings (SSSR count). The number of rotatable bonds is 3. The molecule has 0 saturated heterocycles. The lowest BCUT2D eigenvalue weighted by Crippen LogP contribution is -1.92. The van der Waals surface area contributed by atoms with Crippen LogP contribution in [0.15, 0.2) is 158 Å². The minimum absolute atomic E-state index is 0.0118. The Morgan fingerprint density at radius 1 is 0.375 bits per heavy atom. The SMILES string of the molecule is [2H]c1c([2H])c([2H])c2c(-c3cccc4cccc([2H])c34)c3c([2H])c([2H])c(-c4ccccc4)c([2H])c3c(-c3ccc4ccccc4c3)c2c1[2H]. The topological polar surface area (TPSA) is 0 Å². The monoisotopic (exact) mass is 514 g/mol. The molecular weight excluding hydrogens is 480 g/mol. The summed E-state index contributed by atoms with van der Waals surface area (Å²) in [7, 11) is 0. The summed E-state index contributed by atoms with van der Waals surface area (Å²) in [6, 6.07) is 32.0. The highest BCUT2D eigenvalue weighted by atomic mass is 14.2. The van der Waals surface area contributed by atoms with Crippen molar-refractivity contribution in [3.05, 3.63) is 158 Å². The maximum atomic E-state index is 9.79. The van der Waals surface area contributed by atoms with Gasteiger partial charge in [0.25, 0.3) is 0 Å². The Balaban J connectivity index is 1.73. The van der Waals surface area contributed by atoms with Gasteiger partial charge in [0, 0.05) is 0 Å². The molecule has 0 spiro atoms. The molecule has 0 nitrogen and oxygen atoms in total. The Bertz CT molecular complexity index is 2640. The molecule has 0 heteroatoms. The van der Waals surface area contributed by atoms with Crippen molar-refractivity contribution < 1.29 is 11.0 Å². The number of benzene rings is 8. The summed E-state index contributed by atoms with van der Waals surface area (Å²) in [5.41, 5.74) is 2.71. The summed E-state index contributed by atoms with van der Waals surface area (Å²) < 4.78 is 73.8. The van der Waals surface area contributed by atoms with Gasteiger partial charge in [-0.15, -0.1) is 0 Å². The van der Waals surface area contributed by atoms with Crippen molar-refractivity contribution in [2.45, 2.75) is 0 Å². The maximum absolute atomic E-state index is 9.79. The van der Waals surface area contributed by atoms with Crippen molar-refractivity contribution in [1.82, 2.24) is 0 Å². The van der Waals surface area contributed by atoms with Crippen LogP contribution in [0.5, 0.6) is 0 Å². The van der Waals surface area contributed by atoms with Crippen LogP contribution < -0.4 is 0 Å². The summed E-state index contributed by atoms with van der Waals surface area (Å²) >= 11 is 0. The van der Waals surface area contributed by atoms with E-state index in [0.717, 1.165) is 16.2 Å². The lowest BCUT2D eigenvalue weighted by molar-refractivity contribution is 1.64. The van der Waals surface area contributed by atoms with Gasteiger partial charge in [0.15, 0.2) is 0 Å². The van der Waals surface area contributed by atoms with Gasteiger partial charge in [-0.3, -0.25) is 0 Å². The van der Waals surface area contributed by atoms with Gasteiger partial charge < -0.3 is 0 Å². The molecule has 0 radical (unpaired) electrons. The molecule has 0 heterocycles. The summed E-state index contributed by atoms with van der Waals surface area (Å²) in [6.45, 7) is 0. The van der Waals surface area contributed by atoms with Crippen molar-refractivity contribution in [3.8, 4) is 33.4 Å². The number of hydrogen-bond donors (Lipinski definition) is 0. The minimum atomic E-state index is -0.423. The van der Waals surface area contributed by atoms with Crippen molar-refractivity contribution in [2.24, 2.45) is 0 Å². The van der Waals surface area contributed by atoms with Gasteiger partial charge in [0.1, 0.15) is 0 Å². The van der Waals surface area contributed by atoms with Crippen molar-refractivity contribution >= 4 is 43.1 Å². The molecule has 0 saturated carbocycles. The Labute approximate surface area is 245 Å². The Morgan fingerprint density at radius 2 is 1.07 bits per heavy atom. The van der Waals surface area contributed by atoms with Crippen LogP contribution in [0.25, 0.3) is 76.5 Å². The highest BCUT2D eigenvalue weighted by molar-refractivity contribution is 6.24. The Kier molecular flexibility index (Phi) is 3.70. The van der Waals surface area contributed by atoms with Gasteiger partial charge in [-0.25, -0.2) is 0 Å². The highest BCUT2D eigenvalue weighted by Gasteiger charge is 2.18. The third-order valence-electron chi connectivity index (χ3n) is 7.57. The van der Waals surface area contributed by atoms with Crippen LogP contribution in [0.4, 0.5) is 0 Å². The van der Waals surface area contributed by atoms with E-state index in [4.69, 9.17) is 4.11 Å². The molecule has 0 bridgehead atoms. The zero-order chi connectivity index (χ0) is 33.4. The van der Waals surface area contributed by atoms with E-state index in [9.17, 15) is 6.85 Å².